The maximum Gasteiger partial charge on any atom is 0.266 e. The van der Waals surface area contributed by atoms with Crippen LogP contribution in [0.25, 0.3) is 6.08 Å². The van der Waals surface area contributed by atoms with Crippen LogP contribution in [0.15, 0.2) is 42.0 Å². The lowest BCUT2D eigenvalue weighted by atomic mass is 10.1. The van der Waals surface area contributed by atoms with Crippen molar-refractivity contribution in [1.29, 1.82) is 5.26 Å². The number of carbonyl (C=O) groups is 2. The number of halogens is 1. The fourth-order valence-electron chi connectivity index (χ4n) is 2.28. The standard InChI is InChI=1S/C20H17ClN2O6/c1-27-15-5-3-14(4-6-15)23-20(26)13(10-22)7-12-8-16(21)19(17(9-12)28-2)29-11-18(24)25/h3-9H,11H2,1-2H3,(H,23,26)(H,24,25)/p-1/b13-7+. The molecule has 8 nitrogen and oxygen atoms in total. The predicted octanol–water partition coefficient (Wildman–Crippen LogP) is 2.03. The molecule has 0 bridgehead atoms. The number of ether oxygens (including phenoxy) is 3. The lowest BCUT2D eigenvalue weighted by Crippen LogP contribution is -2.29. The average Bonchev–Trinajstić information content (AvgIpc) is 2.71. The molecule has 0 atom stereocenters. The molecule has 2 rings (SSSR count). The summed E-state index contributed by atoms with van der Waals surface area (Å²) in [6, 6.07) is 11.3. The summed E-state index contributed by atoms with van der Waals surface area (Å²) in [6.45, 7) is -0.709. The van der Waals surface area contributed by atoms with Gasteiger partial charge in [-0.25, -0.2) is 0 Å². The summed E-state index contributed by atoms with van der Waals surface area (Å²) in [5.74, 6) is -1.27. The molecule has 0 saturated carbocycles. The Balaban J connectivity index is 2.26. The van der Waals surface area contributed by atoms with Crippen molar-refractivity contribution in [2.45, 2.75) is 0 Å². The van der Waals surface area contributed by atoms with Crippen molar-refractivity contribution in [3.63, 3.8) is 0 Å². The largest absolute Gasteiger partial charge is 0.546 e. The summed E-state index contributed by atoms with van der Waals surface area (Å²) < 4.78 is 15.3. The molecule has 0 aliphatic carbocycles. The van der Waals surface area contributed by atoms with Gasteiger partial charge in [0.05, 0.1) is 25.2 Å². The summed E-state index contributed by atoms with van der Waals surface area (Å²) in [6.07, 6.45) is 1.32. The Kier molecular flexibility index (Phi) is 7.46. The molecule has 9 heteroatoms. The van der Waals surface area contributed by atoms with Gasteiger partial charge in [-0.1, -0.05) is 11.6 Å². The quantitative estimate of drug-likeness (QED) is 0.517. The Bertz CT molecular complexity index is 980. The summed E-state index contributed by atoms with van der Waals surface area (Å²) in [7, 11) is 2.87. The van der Waals surface area contributed by atoms with E-state index in [1.807, 2.05) is 6.07 Å². The van der Waals surface area contributed by atoms with Crippen molar-refractivity contribution in [3.8, 4) is 23.3 Å². The smallest absolute Gasteiger partial charge is 0.266 e. The van der Waals surface area contributed by atoms with Crippen LogP contribution in [0.5, 0.6) is 17.2 Å². The Morgan fingerprint density at radius 3 is 2.45 bits per heavy atom. The number of anilines is 1. The minimum Gasteiger partial charge on any atom is -0.546 e. The third kappa shape index (κ3) is 5.89. The number of benzene rings is 2. The number of nitriles is 1. The van der Waals surface area contributed by atoms with Crippen LogP contribution in [0.3, 0.4) is 0 Å². The molecule has 0 heterocycles. The first-order valence-electron chi connectivity index (χ1n) is 8.15. The highest BCUT2D eigenvalue weighted by Gasteiger charge is 2.14. The number of methoxy groups -OCH3 is 2. The van der Waals surface area contributed by atoms with E-state index < -0.39 is 18.5 Å². The van der Waals surface area contributed by atoms with E-state index in [2.05, 4.69) is 5.32 Å². The van der Waals surface area contributed by atoms with Gasteiger partial charge in [0.2, 0.25) is 0 Å². The van der Waals surface area contributed by atoms with E-state index in [0.29, 0.717) is 17.0 Å². The zero-order valence-electron chi connectivity index (χ0n) is 15.5. The van der Waals surface area contributed by atoms with E-state index in [9.17, 15) is 20.0 Å². The van der Waals surface area contributed by atoms with Gasteiger partial charge in [-0.2, -0.15) is 5.26 Å². The zero-order chi connectivity index (χ0) is 21.4. The molecular weight excluding hydrogens is 400 g/mol. The van der Waals surface area contributed by atoms with Crippen molar-refractivity contribution < 1.29 is 28.9 Å². The van der Waals surface area contributed by atoms with E-state index in [0.717, 1.165) is 0 Å². The number of amides is 1. The lowest BCUT2D eigenvalue weighted by Gasteiger charge is -2.13. The van der Waals surface area contributed by atoms with E-state index in [1.165, 1.54) is 32.4 Å². The second-order valence-corrected chi connectivity index (χ2v) is 5.95. The number of nitrogens with zero attached hydrogens (tertiary/aromatic N) is 1. The van der Waals surface area contributed by atoms with Gasteiger partial charge in [0.25, 0.3) is 5.91 Å². The minimum absolute atomic E-state index is 0.0108. The Morgan fingerprint density at radius 2 is 1.90 bits per heavy atom. The van der Waals surface area contributed by atoms with Crippen LogP contribution in [0.4, 0.5) is 5.69 Å². The molecule has 0 saturated heterocycles. The van der Waals surface area contributed by atoms with Gasteiger partial charge in [-0.05, 0) is 48.0 Å². The molecule has 1 N–H and O–H groups in total. The van der Waals surface area contributed by atoms with Crippen LogP contribution in [0.1, 0.15) is 5.56 Å². The molecule has 150 valence electrons. The predicted molar refractivity (Wildman–Crippen MR) is 104 cm³/mol. The Morgan fingerprint density at radius 1 is 1.21 bits per heavy atom. The van der Waals surface area contributed by atoms with E-state index in [1.54, 1.807) is 24.3 Å². The third-order valence-electron chi connectivity index (χ3n) is 3.61. The summed E-state index contributed by atoms with van der Waals surface area (Å²) >= 11 is 6.12. The molecule has 0 unspecified atom stereocenters. The van der Waals surface area contributed by atoms with Gasteiger partial charge in [-0.3, -0.25) is 4.79 Å². The van der Waals surface area contributed by atoms with Gasteiger partial charge >= 0.3 is 0 Å². The van der Waals surface area contributed by atoms with Crippen molar-refractivity contribution in [3.05, 3.63) is 52.6 Å². The zero-order valence-corrected chi connectivity index (χ0v) is 16.3. The van der Waals surface area contributed by atoms with Crippen LogP contribution < -0.4 is 24.6 Å². The summed E-state index contributed by atoms with van der Waals surface area (Å²) in [5.41, 5.74) is 0.690. The van der Waals surface area contributed by atoms with Gasteiger partial charge in [0, 0.05) is 5.69 Å². The molecular formula is C20H16ClN2O6-. The van der Waals surface area contributed by atoms with E-state index in [4.69, 9.17) is 25.8 Å². The number of carbonyl (C=O) groups excluding carboxylic acids is 2. The van der Waals surface area contributed by atoms with Crippen molar-refractivity contribution >= 4 is 35.2 Å². The van der Waals surface area contributed by atoms with Crippen LogP contribution in [0, 0.1) is 11.3 Å². The lowest BCUT2D eigenvalue weighted by molar-refractivity contribution is -0.307. The van der Waals surface area contributed by atoms with Crippen LogP contribution >= 0.6 is 11.6 Å². The molecule has 0 spiro atoms. The van der Waals surface area contributed by atoms with Crippen molar-refractivity contribution in [2.75, 3.05) is 26.1 Å². The average molecular weight is 416 g/mol. The first-order chi connectivity index (χ1) is 13.9. The third-order valence-corrected chi connectivity index (χ3v) is 3.89. The highest BCUT2D eigenvalue weighted by molar-refractivity contribution is 6.32. The number of rotatable bonds is 8. The fraction of sp³-hybridized carbons (Fsp3) is 0.150. The highest BCUT2D eigenvalue weighted by atomic mass is 35.5. The monoisotopic (exact) mass is 415 g/mol. The minimum atomic E-state index is -1.42. The molecule has 0 aliphatic rings. The SMILES string of the molecule is COc1ccc(NC(=O)/C(C#N)=C/c2cc(Cl)c(OCC(=O)[O-])c(OC)c2)cc1. The molecule has 1 amide bonds. The molecule has 2 aromatic rings. The first kappa shape index (κ1) is 21.6. The van der Waals surface area contributed by atoms with Crippen molar-refractivity contribution in [2.24, 2.45) is 0 Å². The number of hydrogen-bond acceptors (Lipinski definition) is 7. The number of carboxylic acids is 1. The molecule has 0 fully saturated rings. The molecule has 29 heavy (non-hydrogen) atoms. The van der Waals surface area contributed by atoms with Gasteiger partial charge < -0.3 is 29.4 Å². The molecule has 0 aliphatic heterocycles. The fourth-order valence-corrected chi connectivity index (χ4v) is 2.56. The highest BCUT2D eigenvalue weighted by Crippen LogP contribution is 2.37. The number of nitrogens with one attached hydrogen (secondary N) is 1. The Hall–Kier alpha value is -3.70. The first-order valence-corrected chi connectivity index (χ1v) is 8.53. The van der Waals surface area contributed by atoms with Crippen LogP contribution in [-0.2, 0) is 9.59 Å². The topological polar surface area (TPSA) is 121 Å². The number of hydrogen-bond donors (Lipinski definition) is 1. The second kappa shape index (κ2) is 10.0. The van der Waals surface area contributed by atoms with Crippen LogP contribution in [0.2, 0.25) is 5.02 Å². The van der Waals surface area contributed by atoms with Gasteiger partial charge in [0.15, 0.2) is 11.5 Å². The van der Waals surface area contributed by atoms with Gasteiger partial charge in [0.1, 0.15) is 24.0 Å². The summed E-state index contributed by atoms with van der Waals surface area (Å²) in [5, 5.41) is 22.6. The number of aliphatic carboxylic acids is 1. The molecule has 0 aromatic heterocycles. The molecule has 0 radical (unpaired) electrons. The maximum atomic E-state index is 12.4. The van der Waals surface area contributed by atoms with Crippen LogP contribution in [-0.4, -0.2) is 32.7 Å². The molecule has 2 aromatic carbocycles. The second-order valence-electron chi connectivity index (χ2n) is 5.55. The maximum absolute atomic E-state index is 12.4. The Labute approximate surface area is 171 Å². The normalized spacial score (nSPS) is 10.6. The van der Waals surface area contributed by atoms with E-state index in [-0.39, 0.29) is 22.1 Å². The number of carboxylic acid groups (broad SMARTS) is 1. The summed E-state index contributed by atoms with van der Waals surface area (Å²) in [4.78, 5) is 23.0. The van der Waals surface area contributed by atoms with Gasteiger partial charge in [-0.15, -0.1) is 0 Å². The van der Waals surface area contributed by atoms with E-state index >= 15 is 0 Å². The van der Waals surface area contributed by atoms with Crippen molar-refractivity contribution in [1.82, 2.24) is 0 Å².